The SMILES string of the molecule is CCOC(=O)C[C@H]1C[C@@]2(O)[C@H]3Cc4ccc(O)cc4[C@@]2(CCN3CC2CC2)CC12OCCO2. The number of esters is 1. The number of aliphatic hydroxyl groups is 1. The number of hydrogen-bond donors (Lipinski definition) is 2. The number of fused-ring (bicyclic) bond motifs is 1. The first-order chi connectivity index (χ1) is 15.9. The van der Waals surface area contributed by atoms with Gasteiger partial charge >= 0.3 is 5.97 Å². The standard InChI is InChI=1S/C26H35NO6/c1-2-31-23(29)12-19-14-25(30)22-11-18-5-6-20(28)13-21(18)24(25,16-26(19)32-9-10-33-26)7-8-27(22)15-17-3-4-17/h5-6,13,17,19,22,28,30H,2-4,7-12,14-16H2,1H3/t19-,22+,24+,25+/m0/s1. The fraction of sp³-hybridized carbons (Fsp3) is 0.731. The van der Waals surface area contributed by atoms with Gasteiger partial charge in [0.1, 0.15) is 5.75 Å². The number of carbonyl (C=O) groups is 1. The molecule has 1 spiro atoms. The number of nitrogens with zero attached hydrogens (tertiary/aromatic N) is 1. The first kappa shape index (κ1) is 21.8. The Kier molecular flexibility index (Phi) is 5.07. The highest BCUT2D eigenvalue weighted by molar-refractivity contribution is 5.70. The zero-order valence-corrected chi connectivity index (χ0v) is 19.4. The summed E-state index contributed by atoms with van der Waals surface area (Å²) in [5, 5.41) is 23.1. The van der Waals surface area contributed by atoms with E-state index in [1.165, 1.54) is 18.4 Å². The van der Waals surface area contributed by atoms with Crippen LogP contribution in [0.1, 0.15) is 56.6 Å². The lowest BCUT2D eigenvalue weighted by Crippen LogP contribution is -2.76. The lowest BCUT2D eigenvalue weighted by Gasteiger charge is -2.67. The molecule has 2 aliphatic heterocycles. The fourth-order valence-corrected chi connectivity index (χ4v) is 7.46. The molecule has 1 aromatic carbocycles. The number of benzene rings is 1. The first-order valence-corrected chi connectivity index (χ1v) is 12.6. The minimum absolute atomic E-state index is 0.0210. The Labute approximate surface area is 195 Å². The molecule has 2 N–H and O–H groups in total. The number of aromatic hydroxyl groups is 1. The molecule has 2 bridgehead atoms. The summed E-state index contributed by atoms with van der Waals surface area (Å²) in [4.78, 5) is 15.1. The molecule has 7 nitrogen and oxygen atoms in total. The molecule has 2 saturated carbocycles. The van der Waals surface area contributed by atoms with E-state index in [1.807, 2.05) is 19.1 Å². The highest BCUT2D eigenvalue weighted by atomic mass is 16.7. The van der Waals surface area contributed by atoms with Crippen molar-refractivity contribution < 1.29 is 29.2 Å². The van der Waals surface area contributed by atoms with Crippen molar-refractivity contribution in [1.82, 2.24) is 4.90 Å². The van der Waals surface area contributed by atoms with E-state index in [1.54, 1.807) is 6.07 Å². The highest BCUT2D eigenvalue weighted by Crippen LogP contribution is 2.63. The number of likely N-dealkylation sites (tertiary alicyclic amines) is 1. The second-order valence-corrected chi connectivity index (χ2v) is 10.9. The van der Waals surface area contributed by atoms with Crippen LogP contribution in [0.3, 0.4) is 0 Å². The van der Waals surface area contributed by atoms with Crippen molar-refractivity contribution in [1.29, 1.82) is 0 Å². The summed E-state index contributed by atoms with van der Waals surface area (Å²) in [5.41, 5.74) is 0.610. The zero-order chi connectivity index (χ0) is 22.8. The van der Waals surface area contributed by atoms with Crippen LogP contribution < -0.4 is 0 Å². The molecule has 2 saturated heterocycles. The van der Waals surface area contributed by atoms with Crippen molar-refractivity contribution in [3.63, 3.8) is 0 Å². The number of piperidine rings is 1. The van der Waals surface area contributed by atoms with E-state index < -0.39 is 16.8 Å². The molecule has 0 amide bonds. The maximum atomic E-state index is 12.7. The van der Waals surface area contributed by atoms with Crippen LogP contribution in [0.5, 0.6) is 5.75 Å². The summed E-state index contributed by atoms with van der Waals surface area (Å²) in [6.45, 7) is 5.05. The van der Waals surface area contributed by atoms with Crippen molar-refractivity contribution in [2.75, 3.05) is 32.9 Å². The van der Waals surface area contributed by atoms with Crippen LogP contribution in [0.2, 0.25) is 0 Å². The van der Waals surface area contributed by atoms with Gasteiger partial charge < -0.3 is 24.4 Å². The third-order valence-electron chi connectivity index (χ3n) is 9.08. The molecule has 6 rings (SSSR count). The third-order valence-corrected chi connectivity index (χ3v) is 9.08. The lowest BCUT2D eigenvalue weighted by molar-refractivity contribution is -0.287. The van der Waals surface area contributed by atoms with Gasteiger partial charge in [-0.2, -0.15) is 0 Å². The van der Waals surface area contributed by atoms with Gasteiger partial charge in [0.25, 0.3) is 0 Å². The first-order valence-electron chi connectivity index (χ1n) is 12.6. The van der Waals surface area contributed by atoms with Gasteiger partial charge in [-0.3, -0.25) is 9.69 Å². The van der Waals surface area contributed by atoms with E-state index >= 15 is 0 Å². The molecule has 0 aromatic heterocycles. The summed E-state index contributed by atoms with van der Waals surface area (Å²) < 4.78 is 17.9. The molecule has 0 radical (unpaired) electrons. The second-order valence-electron chi connectivity index (χ2n) is 10.9. The molecule has 4 atom stereocenters. The maximum Gasteiger partial charge on any atom is 0.306 e. The van der Waals surface area contributed by atoms with Crippen molar-refractivity contribution in [2.24, 2.45) is 11.8 Å². The topological polar surface area (TPSA) is 88.5 Å². The predicted molar refractivity (Wildman–Crippen MR) is 120 cm³/mol. The van der Waals surface area contributed by atoms with Crippen LogP contribution in [0.4, 0.5) is 0 Å². The van der Waals surface area contributed by atoms with Crippen LogP contribution >= 0.6 is 0 Å². The van der Waals surface area contributed by atoms with Crippen LogP contribution in [0, 0.1) is 11.8 Å². The van der Waals surface area contributed by atoms with Crippen molar-refractivity contribution >= 4 is 5.97 Å². The maximum absolute atomic E-state index is 12.7. The van der Waals surface area contributed by atoms with Gasteiger partial charge in [0.15, 0.2) is 5.79 Å². The summed E-state index contributed by atoms with van der Waals surface area (Å²) in [6, 6.07) is 5.60. The average Bonchev–Trinajstić information content (AvgIpc) is 3.47. The van der Waals surface area contributed by atoms with Gasteiger partial charge in [0.2, 0.25) is 0 Å². The molecule has 0 unspecified atom stereocenters. The minimum atomic E-state index is -1.03. The Morgan fingerprint density at radius 2 is 2.06 bits per heavy atom. The fourth-order valence-electron chi connectivity index (χ4n) is 7.46. The Balaban J connectivity index is 1.45. The number of rotatable bonds is 5. The van der Waals surface area contributed by atoms with Crippen molar-refractivity contribution in [3.8, 4) is 5.75 Å². The minimum Gasteiger partial charge on any atom is -0.508 e. The Bertz CT molecular complexity index is 941. The average molecular weight is 458 g/mol. The van der Waals surface area contributed by atoms with E-state index in [0.29, 0.717) is 32.7 Å². The van der Waals surface area contributed by atoms with E-state index in [4.69, 9.17) is 14.2 Å². The number of phenols is 1. The van der Waals surface area contributed by atoms with Gasteiger partial charge in [-0.25, -0.2) is 0 Å². The monoisotopic (exact) mass is 457 g/mol. The summed E-state index contributed by atoms with van der Waals surface area (Å²) in [6.07, 6.45) is 5.16. The second kappa shape index (κ2) is 7.67. The third kappa shape index (κ3) is 3.27. The van der Waals surface area contributed by atoms with Crippen molar-refractivity contribution in [2.45, 2.75) is 74.7 Å². The van der Waals surface area contributed by atoms with E-state index in [2.05, 4.69) is 4.90 Å². The van der Waals surface area contributed by atoms with Gasteiger partial charge in [-0.05, 0) is 74.8 Å². The molecule has 7 heteroatoms. The lowest BCUT2D eigenvalue weighted by atomic mass is 9.46. The number of ether oxygens (including phenoxy) is 3. The largest absolute Gasteiger partial charge is 0.508 e. The zero-order valence-electron chi connectivity index (χ0n) is 19.4. The molecule has 3 aliphatic carbocycles. The summed E-state index contributed by atoms with van der Waals surface area (Å²) in [7, 11) is 0. The van der Waals surface area contributed by atoms with Gasteiger partial charge in [0.05, 0.1) is 31.8 Å². The van der Waals surface area contributed by atoms with E-state index in [0.717, 1.165) is 37.4 Å². The number of carbonyl (C=O) groups excluding carboxylic acids is 1. The molecular weight excluding hydrogens is 422 g/mol. The Hall–Kier alpha value is -1.67. The molecule has 2 heterocycles. The molecule has 1 aromatic rings. The molecule has 33 heavy (non-hydrogen) atoms. The molecule has 180 valence electrons. The Morgan fingerprint density at radius 3 is 2.79 bits per heavy atom. The molecule has 4 fully saturated rings. The summed E-state index contributed by atoms with van der Waals surface area (Å²) >= 11 is 0. The Morgan fingerprint density at radius 1 is 1.27 bits per heavy atom. The smallest absolute Gasteiger partial charge is 0.306 e. The number of hydrogen-bond acceptors (Lipinski definition) is 7. The molecular formula is C26H35NO6. The predicted octanol–water partition coefficient (Wildman–Crippen LogP) is 2.51. The van der Waals surface area contributed by atoms with E-state index in [9.17, 15) is 15.0 Å². The van der Waals surface area contributed by atoms with Gasteiger partial charge in [-0.1, -0.05) is 6.07 Å². The van der Waals surface area contributed by atoms with Crippen LogP contribution in [-0.4, -0.2) is 71.4 Å². The van der Waals surface area contributed by atoms with E-state index in [-0.39, 0.29) is 30.1 Å². The van der Waals surface area contributed by atoms with Crippen molar-refractivity contribution in [3.05, 3.63) is 29.3 Å². The molecule has 5 aliphatic rings. The van der Waals surface area contributed by atoms with Crippen LogP contribution in [-0.2, 0) is 30.8 Å². The summed E-state index contributed by atoms with van der Waals surface area (Å²) in [5.74, 6) is -0.509. The van der Waals surface area contributed by atoms with Crippen LogP contribution in [0.25, 0.3) is 0 Å². The van der Waals surface area contributed by atoms with Gasteiger partial charge in [-0.15, -0.1) is 0 Å². The highest BCUT2D eigenvalue weighted by Gasteiger charge is 2.71. The van der Waals surface area contributed by atoms with Gasteiger partial charge in [0, 0.05) is 30.3 Å². The van der Waals surface area contributed by atoms with Crippen LogP contribution in [0.15, 0.2) is 18.2 Å². The number of phenolic OH excluding ortho intramolecular Hbond substituents is 1. The quantitative estimate of drug-likeness (QED) is 0.657. The normalized spacial score (nSPS) is 36.9.